The van der Waals surface area contributed by atoms with E-state index in [4.69, 9.17) is 20.9 Å². The van der Waals surface area contributed by atoms with E-state index in [1.54, 1.807) is 19.9 Å². The summed E-state index contributed by atoms with van der Waals surface area (Å²) in [7, 11) is 0. The molecular weight excluding hydrogens is 451 g/mol. The summed E-state index contributed by atoms with van der Waals surface area (Å²) in [5, 5.41) is 12.0. The molecule has 1 aromatic carbocycles. The Balaban J connectivity index is 1.73. The van der Waals surface area contributed by atoms with Gasteiger partial charge in [-0.25, -0.2) is 14.2 Å². The Bertz CT molecular complexity index is 1570. The van der Waals surface area contributed by atoms with Crippen LogP contribution in [0.15, 0.2) is 16.9 Å². The van der Waals surface area contributed by atoms with Crippen LogP contribution in [0.3, 0.4) is 0 Å². The van der Waals surface area contributed by atoms with Crippen LogP contribution in [0.25, 0.3) is 22.3 Å². The van der Waals surface area contributed by atoms with Gasteiger partial charge in [0.1, 0.15) is 19.0 Å². The Labute approximate surface area is 200 Å². The number of esters is 1. The standard InChI is InChI=1S/C27H23FN2O5/c1-4-9-34-25-22-15-8-6-7-14-13(3)18(28)11-19(21(14)15)29-23(22)20-10-17-16(24(31)30(20)25)12-35-26(32)27(17,33)5-2/h1,10-11,25,33H,5-9,12H2,2-3H3/t25?,27-/m0/s1. The van der Waals surface area contributed by atoms with Gasteiger partial charge in [0.25, 0.3) is 5.56 Å². The summed E-state index contributed by atoms with van der Waals surface area (Å²) in [6, 6.07) is 3.05. The number of carbonyl (C=O) groups excluding carboxylic acids is 1. The maximum absolute atomic E-state index is 14.8. The number of nitrogens with zero attached hydrogens (tertiary/aromatic N) is 2. The summed E-state index contributed by atoms with van der Waals surface area (Å²) in [6.45, 7) is 3.14. The largest absolute Gasteiger partial charge is 0.458 e. The van der Waals surface area contributed by atoms with Crippen molar-refractivity contribution in [2.45, 2.75) is 58.0 Å². The molecule has 0 amide bonds. The number of hydrogen-bond donors (Lipinski definition) is 1. The minimum atomic E-state index is -1.94. The number of aliphatic hydroxyl groups is 1. The molecule has 6 rings (SSSR count). The SMILES string of the molecule is C#CCOC1c2c(nc3cc(F)c(C)c4c3c2CCC4)-c2cc3c(c(=O)n21)COC(=O)[C@]3(O)CC. The highest BCUT2D eigenvalue weighted by atomic mass is 19.1. The van der Waals surface area contributed by atoms with Crippen LogP contribution < -0.4 is 5.56 Å². The molecule has 35 heavy (non-hydrogen) atoms. The van der Waals surface area contributed by atoms with Gasteiger partial charge in [0.2, 0.25) is 0 Å². The van der Waals surface area contributed by atoms with Crippen LogP contribution >= 0.6 is 0 Å². The summed E-state index contributed by atoms with van der Waals surface area (Å²) in [5.41, 5.74) is 2.64. The van der Waals surface area contributed by atoms with Gasteiger partial charge in [-0.05, 0) is 55.4 Å². The summed E-state index contributed by atoms with van der Waals surface area (Å²) in [5.74, 6) is 1.35. The second-order valence-corrected chi connectivity index (χ2v) is 9.32. The number of rotatable bonds is 3. The third kappa shape index (κ3) is 2.77. The summed E-state index contributed by atoms with van der Waals surface area (Å²) >= 11 is 0. The van der Waals surface area contributed by atoms with E-state index in [2.05, 4.69) is 5.92 Å². The van der Waals surface area contributed by atoms with Crippen molar-refractivity contribution in [2.75, 3.05) is 6.61 Å². The van der Waals surface area contributed by atoms with Gasteiger partial charge in [0.05, 0.1) is 22.5 Å². The molecule has 8 heteroatoms. The van der Waals surface area contributed by atoms with Crippen LogP contribution in [0, 0.1) is 25.1 Å². The predicted molar refractivity (Wildman–Crippen MR) is 125 cm³/mol. The molecule has 7 nitrogen and oxygen atoms in total. The Morgan fingerprint density at radius 2 is 2.09 bits per heavy atom. The summed E-state index contributed by atoms with van der Waals surface area (Å²) in [4.78, 5) is 31.1. The number of aromatic nitrogens is 2. The van der Waals surface area contributed by atoms with Gasteiger partial charge in [-0.3, -0.25) is 9.36 Å². The second-order valence-electron chi connectivity index (χ2n) is 9.32. The number of ether oxygens (including phenoxy) is 2. The summed E-state index contributed by atoms with van der Waals surface area (Å²) in [6.07, 6.45) is 6.98. The highest BCUT2D eigenvalue weighted by Gasteiger charge is 2.47. The Morgan fingerprint density at radius 3 is 2.83 bits per heavy atom. The molecule has 0 fully saturated rings. The number of hydrogen-bond acceptors (Lipinski definition) is 6. The number of halogens is 1. The first-order valence-electron chi connectivity index (χ1n) is 11.7. The molecular formula is C27H23FN2O5. The zero-order valence-corrected chi connectivity index (χ0v) is 19.4. The number of aryl methyl sites for hydroxylation is 2. The average Bonchev–Trinajstić information content (AvgIpc) is 3.17. The lowest BCUT2D eigenvalue weighted by atomic mass is 9.84. The summed E-state index contributed by atoms with van der Waals surface area (Å²) < 4.78 is 27.5. The maximum Gasteiger partial charge on any atom is 0.343 e. The van der Waals surface area contributed by atoms with Crippen molar-refractivity contribution in [1.29, 1.82) is 0 Å². The van der Waals surface area contributed by atoms with Gasteiger partial charge in [-0.15, -0.1) is 6.42 Å². The third-order valence-electron chi connectivity index (χ3n) is 7.63. The van der Waals surface area contributed by atoms with Crippen molar-refractivity contribution in [1.82, 2.24) is 9.55 Å². The van der Waals surface area contributed by atoms with Crippen LogP contribution in [0.1, 0.15) is 59.4 Å². The number of terminal acetylenes is 1. The first-order valence-corrected chi connectivity index (χ1v) is 11.7. The molecule has 0 saturated heterocycles. The molecule has 4 heterocycles. The van der Waals surface area contributed by atoms with Crippen molar-refractivity contribution in [2.24, 2.45) is 0 Å². The average molecular weight is 474 g/mol. The molecule has 2 atom stereocenters. The van der Waals surface area contributed by atoms with Crippen molar-refractivity contribution in [3.8, 4) is 23.7 Å². The molecule has 1 N–H and O–H groups in total. The fourth-order valence-corrected chi connectivity index (χ4v) is 5.85. The fraction of sp³-hybridized carbons (Fsp3) is 0.370. The number of fused-ring (bicyclic) bond motifs is 5. The molecule has 178 valence electrons. The minimum Gasteiger partial charge on any atom is -0.458 e. The smallest absolute Gasteiger partial charge is 0.343 e. The van der Waals surface area contributed by atoms with E-state index in [0.717, 1.165) is 41.3 Å². The van der Waals surface area contributed by atoms with E-state index in [9.17, 15) is 19.1 Å². The van der Waals surface area contributed by atoms with E-state index in [1.165, 1.54) is 10.6 Å². The Morgan fingerprint density at radius 1 is 1.31 bits per heavy atom. The lowest BCUT2D eigenvalue weighted by Crippen LogP contribution is -2.44. The number of cyclic esters (lactones) is 1. The quantitative estimate of drug-likeness (QED) is 0.463. The zero-order valence-electron chi connectivity index (χ0n) is 19.4. The molecule has 2 aliphatic heterocycles. The minimum absolute atomic E-state index is 0.0340. The molecule has 0 radical (unpaired) electrons. The van der Waals surface area contributed by atoms with Gasteiger partial charge < -0.3 is 14.6 Å². The number of benzene rings is 1. The van der Waals surface area contributed by atoms with E-state index < -0.39 is 23.4 Å². The highest BCUT2D eigenvalue weighted by molar-refractivity contribution is 5.93. The Kier molecular flexibility index (Phi) is 4.69. The third-order valence-corrected chi connectivity index (χ3v) is 7.63. The fourth-order valence-electron chi connectivity index (χ4n) is 5.85. The van der Waals surface area contributed by atoms with E-state index in [1.807, 2.05) is 0 Å². The van der Waals surface area contributed by atoms with Crippen LogP contribution in [0.4, 0.5) is 4.39 Å². The monoisotopic (exact) mass is 474 g/mol. The van der Waals surface area contributed by atoms with Gasteiger partial charge in [-0.1, -0.05) is 12.8 Å². The Hall–Kier alpha value is -3.54. The molecule has 3 aromatic rings. The van der Waals surface area contributed by atoms with Gasteiger partial charge >= 0.3 is 5.97 Å². The van der Waals surface area contributed by atoms with Crippen molar-refractivity contribution in [3.63, 3.8) is 0 Å². The first-order chi connectivity index (χ1) is 16.8. The molecule has 1 aliphatic carbocycles. The van der Waals surface area contributed by atoms with Crippen LogP contribution in [0.5, 0.6) is 0 Å². The van der Waals surface area contributed by atoms with Crippen LogP contribution in [-0.4, -0.2) is 27.2 Å². The van der Waals surface area contributed by atoms with Gasteiger partial charge in [-0.2, -0.15) is 0 Å². The van der Waals surface area contributed by atoms with Crippen molar-refractivity contribution >= 4 is 16.9 Å². The lowest BCUT2D eigenvalue weighted by molar-refractivity contribution is -0.172. The number of pyridine rings is 2. The van der Waals surface area contributed by atoms with E-state index in [0.29, 0.717) is 22.5 Å². The molecule has 0 saturated carbocycles. The van der Waals surface area contributed by atoms with E-state index in [-0.39, 0.29) is 36.6 Å². The van der Waals surface area contributed by atoms with E-state index >= 15 is 0 Å². The highest BCUT2D eigenvalue weighted by Crippen LogP contribution is 2.47. The van der Waals surface area contributed by atoms with Crippen molar-refractivity contribution in [3.05, 3.63) is 61.7 Å². The van der Waals surface area contributed by atoms with Gasteiger partial charge in [0, 0.05) is 22.6 Å². The number of carbonyl (C=O) groups is 1. The molecule has 0 bridgehead atoms. The van der Waals surface area contributed by atoms with Crippen molar-refractivity contribution < 1.29 is 23.8 Å². The zero-order chi connectivity index (χ0) is 24.6. The maximum atomic E-state index is 14.8. The normalized spacial score (nSPS) is 21.8. The molecule has 2 aromatic heterocycles. The van der Waals surface area contributed by atoms with Gasteiger partial charge in [0.15, 0.2) is 11.8 Å². The van der Waals surface area contributed by atoms with Crippen LogP contribution in [-0.2, 0) is 39.3 Å². The topological polar surface area (TPSA) is 90.6 Å². The first kappa shape index (κ1) is 22.0. The second kappa shape index (κ2) is 7.48. The van der Waals surface area contributed by atoms with Crippen LogP contribution in [0.2, 0.25) is 0 Å². The lowest BCUT2D eigenvalue weighted by Gasteiger charge is -2.32. The predicted octanol–water partition coefficient (Wildman–Crippen LogP) is 3.16. The molecule has 1 unspecified atom stereocenters. The molecule has 0 spiro atoms. The molecule has 3 aliphatic rings.